The number of methoxy groups -OCH3 is 1. The maximum absolute atomic E-state index is 5.84. The summed E-state index contributed by atoms with van der Waals surface area (Å²) < 4.78 is 10.6. The van der Waals surface area contributed by atoms with Gasteiger partial charge in [0.25, 0.3) is 0 Å². The highest BCUT2D eigenvalue weighted by Gasteiger charge is 2.21. The smallest absolute Gasteiger partial charge is 0.124 e. The Balaban J connectivity index is 2.51. The van der Waals surface area contributed by atoms with Crippen molar-refractivity contribution in [2.24, 2.45) is 5.73 Å². The van der Waals surface area contributed by atoms with Gasteiger partial charge in [0, 0.05) is 5.56 Å². The molecule has 1 aromatic carbocycles. The van der Waals surface area contributed by atoms with E-state index in [-0.39, 0.29) is 6.04 Å². The van der Waals surface area contributed by atoms with Gasteiger partial charge in [-0.2, -0.15) is 0 Å². The Morgan fingerprint density at radius 3 is 3.00 bits per heavy atom. The lowest BCUT2D eigenvalue weighted by atomic mass is 10.1. The zero-order chi connectivity index (χ0) is 9.42. The highest BCUT2D eigenvalue weighted by molar-refractivity contribution is 5.49. The average molecular weight is 179 g/mol. The molecule has 0 amide bonds. The first-order chi connectivity index (χ1) is 6.22. The second-order valence-corrected chi connectivity index (χ2v) is 3.28. The van der Waals surface area contributed by atoms with E-state index in [2.05, 4.69) is 0 Å². The number of hydrogen-bond donors (Lipinski definition) is 1. The predicted octanol–water partition coefficient (Wildman–Crippen LogP) is 1.40. The summed E-state index contributed by atoms with van der Waals surface area (Å²) in [5, 5.41) is 0. The molecule has 1 heterocycles. The molecule has 70 valence electrons. The third-order valence-electron chi connectivity index (χ3n) is 2.35. The summed E-state index contributed by atoms with van der Waals surface area (Å²) in [6, 6.07) is 3.92. The number of ether oxygens (including phenoxy) is 2. The van der Waals surface area contributed by atoms with Crippen LogP contribution in [-0.4, -0.2) is 13.7 Å². The van der Waals surface area contributed by atoms with Crippen LogP contribution in [0.3, 0.4) is 0 Å². The Bertz CT molecular complexity index is 336. The molecule has 2 rings (SSSR count). The molecule has 1 atom stereocenters. The van der Waals surface area contributed by atoms with Gasteiger partial charge in [0.05, 0.1) is 13.2 Å². The molecule has 0 radical (unpaired) electrons. The molecule has 0 aliphatic carbocycles. The largest absolute Gasteiger partial charge is 0.496 e. The lowest BCUT2D eigenvalue weighted by Gasteiger charge is -2.07. The molecule has 1 aliphatic heterocycles. The van der Waals surface area contributed by atoms with Gasteiger partial charge in [0.15, 0.2) is 0 Å². The van der Waals surface area contributed by atoms with Crippen LogP contribution in [0.15, 0.2) is 12.1 Å². The summed E-state index contributed by atoms with van der Waals surface area (Å²) in [5.41, 5.74) is 7.96. The van der Waals surface area contributed by atoms with Gasteiger partial charge in [0.2, 0.25) is 0 Å². The molecule has 0 saturated heterocycles. The number of benzene rings is 1. The minimum atomic E-state index is -0.00972. The number of nitrogens with two attached hydrogens (primary N) is 1. The van der Waals surface area contributed by atoms with Gasteiger partial charge in [-0.05, 0) is 24.6 Å². The summed E-state index contributed by atoms with van der Waals surface area (Å²) in [7, 11) is 1.66. The summed E-state index contributed by atoms with van der Waals surface area (Å²) >= 11 is 0. The third kappa shape index (κ3) is 1.25. The van der Waals surface area contributed by atoms with Crippen LogP contribution in [-0.2, 0) is 0 Å². The van der Waals surface area contributed by atoms with Gasteiger partial charge in [-0.15, -0.1) is 0 Å². The summed E-state index contributed by atoms with van der Waals surface area (Å²) in [5.74, 6) is 1.77. The van der Waals surface area contributed by atoms with Crippen LogP contribution >= 0.6 is 0 Å². The second-order valence-electron chi connectivity index (χ2n) is 3.28. The fourth-order valence-corrected chi connectivity index (χ4v) is 1.58. The second kappa shape index (κ2) is 2.92. The maximum Gasteiger partial charge on any atom is 0.124 e. The molecule has 2 N–H and O–H groups in total. The predicted molar refractivity (Wildman–Crippen MR) is 50.2 cm³/mol. The average Bonchev–Trinajstić information content (AvgIpc) is 2.46. The minimum absolute atomic E-state index is 0.00972. The van der Waals surface area contributed by atoms with Crippen molar-refractivity contribution in [1.29, 1.82) is 0 Å². The summed E-state index contributed by atoms with van der Waals surface area (Å²) in [6.45, 7) is 2.56. The van der Waals surface area contributed by atoms with Crippen molar-refractivity contribution < 1.29 is 9.47 Å². The molecule has 0 bridgehead atoms. The Labute approximate surface area is 77.5 Å². The fourth-order valence-electron chi connectivity index (χ4n) is 1.58. The molecule has 1 aliphatic rings. The molecule has 3 nitrogen and oxygen atoms in total. The van der Waals surface area contributed by atoms with Crippen molar-refractivity contribution >= 4 is 0 Å². The van der Waals surface area contributed by atoms with Crippen LogP contribution in [0, 0.1) is 6.92 Å². The van der Waals surface area contributed by atoms with Gasteiger partial charge in [-0.25, -0.2) is 0 Å². The molecule has 13 heavy (non-hydrogen) atoms. The molecule has 1 unspecified atom stereocenters. The quantitative estimate of drug-likeness (QED) is 0.708. The SMILES string of the molecule is COc1cc2c(cc1C)OCC2N. The zero-order valence-corrected chi connectivity index (χ0v) is 7.83. The number of rotatable bonds is 1. The maximum atomic E-state index is 5.84. The van der Waals surface area contributed by atoms with Gasteiger partial charge in [-0.1, -0.05) is 0 Å². The van der Waals surface area contributed by atoms with Crippen LogP contribution in [0.25, 0.3) is 0 Å². The van der Waals surface area contributed by atoms with Crippen LogP contribution in [0.2, 0.25) is 0 Å². The van der Waals surface area contributed by atoms with E-state index in [1.54, 1.807) is 7.11 Å². The molecule has 0 aromatic heterocycles. The normalized spacial score (nSPS) is 19.5. The van der Waals surface area contributed by atoms with Gasteiger partial charge < -0.3 is 15.2 Å². The molecule has 0 saturated carbocycles. The van der Waals surface area contributed by atoms with E-state index in [0.29, 0.717) is 6.61 Å². The van der Waals surface area contributed by atoms with Gasteiger partial charge in [-0.3, -0.25) is 0 Å². The highest BCUT2D eigenvalue weighted by atomic mass is 16.5. The van der Waals surface area contributed by atoms with Gasteiger partial charge in [0.1, 0.15) is 18.1 Å². The van der Waals surface area contributed by atoms with Crippen LogP contribution in [0.1, 0.15) is 17.2 Å². The summed E-state index contributed by atoms with van der Waals surface area (Å²) in [6.07, 6.45) is 0. The van der Waals surface area contributed by atoms with Crippen molar-refractivity contribution in [2.45, 2.75) is 13.0 Å². The van der Waals surface area contributed by atoms with Gasteiger partial charge >= 0.3 is 0 Å². The molecule has 0 spiro atoms. The highest BCUT2D eigenvalue weighted by Crippen LogP contribution is 2.35. The van der Waals surface area contributed by atoms with E-state index in [0.717, 1.165) is 22.6 Å². The third-order valence-corrected chi connectivity index (χ3v) is 2.35. The summed E-state index contributed by atoms with van der Waals surface area (Å²) in [4.78, 5) is 0. The molecule has 0 fully saturated rings. The van der Waals surface area contributed by atoms with Crippen LogP contribution < -0.4 is 15.2 Å². The first-order valence-electron chi connectivity index (χ1n) is 4.29. The molecular formula is C10H13NO2. The number of hydrogen-bond acceptors (Lipinski definition) is 3. The van der Waals surface area contributed by atoms with Crippen molar-refractivity contribution in [2.75, 3.05) is 13.7 Å². The van der Waals surface area contributed by atoms with E-state index in [9.17, 15) is 0 Å². The Morgan fingerprint density at radius 1 is 1.54 bits per heavy atom. The first kappa shape index (κ1) is 8.38. The van der Waals surface area contributed by atoms with E-state index in [1.807, 2.05) is 19.1 Å². The van der Waals surface area contributed by atoms with E-state index >= 15 is 0 Å². The standard InChI is InChI=1S/C10H13NO2/c1-6-3-10-7(4-9(6)12-2)8(11)5-13-10/h3-4,8H,5,11H2,1-2H3. The van der Waals surface area contributed by atoms with Crippen molar-refractivity contribution in [3.63, 3.8) is 0 Å². The van der Waals surface area contributed by atoms with E-state index in [1.165, 1.54) is 0 Å². The van der Waals surface area contributed by atoms with Crippen LogP contribution in [0.5, 0.6) is 11.5 Å². The lowest BCUT2D eigenvalue weighted by molar-refractivity contribution is 0.333. The van der Waals surface area contributed by atoms with Crippen LogP contribution in [0.4, 0.5) is 0 Å². The molecule has 1 aromatic rings. The molecule has 3 heteroatoms. The van der Waals surface area contributed by atoms with Crippen molar-refractivity contribution in [1.82, 2.24) is 0 Å². The monoisotopic (exact) mass is 179 g/mol. The Kier molecular flexibility index (Phi) is 1.88. The minimum Gasteiger partial charge on any atom is -0.496 e. The van der Waals surface area contributed by atoms with E-state index < -0.39 is 0 Å². The lowest BCUT2D eigenvalue weighted by Crippen LogP contribution is -2.10. The van der Waals surface area contributed by atoms with Crippen molar-refractivity contribution in [3.05, 3.63) is 23.3 Å². The number of aryl methyl sites for hydroxylation is 1. The molecular weight excluding hydrogens is 166 g/mol. The number of fused-ring (bicyclic) bond motifs is 1. The topological polar surface area (TPSA) is 44.5 Å². The van der Waals surface area contributed by atoms with Crippen molar-refractivity contribution in [3.8, 4) is 11.5 Å². The fraction of sp³-hybridized carbons (Fsp3) is 0.400. The zero-order valence-electron chi connectivity index (χ0n) is 7.83. The Hall–Kier alpha value is -1.22. The first-order valence-corrected chi connectivity index (χ1v) is 4.29. The van der Waals surface area contributed by atoms with E-state index in [4.69, 9.17) is 15.2 Å². The Morgan fingerprint density at radius 2 is 2.31 bits per heavy atom.